The van der Waals surface area contributed by atoms with Crippen molar-refractivity contribution in [1.29, 1.82) is 0 Å². The van der Waals surface area contributed by atoms with Crippen LogP contribution in [0.4, 0.5) is 0 Å². The van der Waals surface area contributed by atoms with Crippen molar-refractivity contribution in [2.75, 3.05) is 12.3 Å². The minimum Gasteiger partial charge on any atom is -0.312 e. The number of sulfonamides is 1. The molecule has 86 valence electrons. The van der Waals surface area contributed by atoms with E-state index in [4.69, 9.17) is 5.14 Å². The lowest BCUT2D eigenvalue weighted by Gasteiger charge is -2.01. The third-order valence-corrected chi connectivity index (χ3v) is 3.74. The van der Waals surface area contributed by atoms with Crippen LogP contribution in [0.2, 0.25) is 0 Å². The lowest BCUT2D eigenvalue weighted by molar-refractivity contribution is 0.590. The largest absolute Gasteiger partial charge is 0.312 e. The Morgan fingerprint density at radius 2 is 2.20 bits per heavy atom. The standard InChI is InChI=1S/C9H16N2O2S2/c1-8-3-4-9(14-8)7-11-5-2-6-15(10,12)13/h3-4,11H,2,5-7H2,1H3,(H2,10,12,13). The summed E-state index contributed by atoms with van der Waals surface area (Å²) in [5, 5.41) is 8.06. The number of hydrogen-bond donors (Lipinski definition) is 2. The van der Waals surface area contributed by atoms with E-state index in [2.05, 4.69) is 24.4 Å². The molecular formula is C9H16N2O2S2. The zero-order valence-corrected chi connectivity index (χ0v) is 10.3. The average Bonchev–Trinajstić information content (AvgIpc) is 2.49. The highest BCUT2D eigenvalue weighted by molar-refractivity contribution is 7.89. The molecule has 0 amide bonds. The molecular weight excluding hydrogens is 232 g/mol. The first kappa shape index (κ1) is 12.6. The lowest BCUT2D eigenvalue weighted by atomic mass is 10.4. The van der Waals surface area contributed by atoms with Crippen LogP contribution in [-0.2, 0) is 16.6 Å². The molecule has 0 unspecified atom stereocenters. The predicted molar refractivity (Wildman–Crippen MR) is 63.4 cm³/mol. The lowest BCUT2D eigenvalue weighted by Crippen LogP contribution is -2.21. The summed E-state index contributed by atoms with van der Waals surface area (Å²) >= 11 is 1.75. The van der Waals surface area contributed by atoms with Crippen LogP contribution in [-0.4, -0.2) is 20.7 Å². The van der Waals surface area contributed by atoms with Gasteiger partial charge in [-0.25, -0.2) is 13.6 Å². The number of nitrogens with two attached hydrogens (primary N) is 1. The Morgan fingerprint density at radius 3 is 2.73 bits per heavy atom. The summed E-state index contributed by atoms with van der Waals surface area (Å²) in [7, 11) is -3.30. The molecule has 1 aromatic heterocycles. The number of primary sulfonamides is 1. The van der Waals surface area contributed by atoms with Crippen molar-refractivity contribution in [2.24, 2.45) is 5.14 Å². The highest BCUT2D eigenvalue weighted by Crippen LogP contribution is 2.14. The number of hydrogen-bond acceptors (Lipinski definition) is 4. The Hall–Kier alpha value is -0.430. The van der Waals surface area contributed by atoms with Gasteiger partial charge in [-0.3, -0.25) is 0 Å². The summed E-state index contributed by atoms with van der Waals surface area (Å²) in [5.41, 5.74) is 0. The summed E-state index contributed by atoms with van der Waals surface area (Å²) < 4.78 is 21.2. The third kappa shape index (κ3) is 5.88. The number of thiophene rings is 1. The van der Waals surface area contributed by atoms with Gasteiger partial charge in [-0.2, -0.15) is 0 Å². The predicted octanol–water partition coefficient (Wildman–Crippen LogP) is 0.825. The van der Waals surface area contributed by atoms with Gasteiger partial charge in [-0.05, 0) is 32.0 Å². The smallest absolute Gasteiger partial charge is 0.209 e. The Morgan fingerprint density at radius 1 is 1.47 bits per heavy atom. The van der Waals surface area contributed by atoms with Gasteiger partial charge in [0, 0.05) is 16.3 Å². The van der Waals surface area contributed by atoms with E-state index in [1.54, 1.807) is 11.3 Å². The third-order valence-electron chi connectivity index (χ3n) is 1.88. The van der Waals surface area contributed by atoms with E-state index in [1.165, 1.54) is 9.75 Å². The van der Waals surface area contributed by atoms with Crippen molar-refractivity contribution in [1.82, 2.24) is 5.32 Å². The van der Waals surface area contributed by atoms with Gasteiger partial charge in [0.2, 0.25) is 10.0 Å². The van der Waals surface area contributed by atoms with Crippen molar-refractivity contribution in [3.8, 4) is 0 Å². The van der Waals surface area contributed by atoms with Crippen LogP contribution in [0.25, 0.3) is 0 Å². The molecule has 6 heteroatoms. The molecule has 0 saturated heterocycles. The summed E-state index contributed by atoms with van der Waals surface area (Å²) in [4.78, 5) is 2.56. The van der Waals surface area contributed by atoms with E-state index in [1.807, 2.05) is 0 Å². The second kappa shape index (κ2) is 5.60. The first-order chi connectivity index (χ1) is 6.97. The van der Waals surface area contributed by atoms with Crippen molar-refractivity contribution < 1.29 is 8.42 Å². The van der Waals surface area contributed by atoms with Crippen LogP contribution in [0.3, 0.4) is 0 Å². The van der Waals surface area contributed by atoms with Crippen molar-refractivity contribution in [3.05, 3.63) is 21.9 Å². The van der Waals surface area contributed by atoms with Gasteiger partial charge in [0.1, 0.15) is 0 Å². The maximum atomic E-state index is 10.6. The average molecular weight is 248 g/mol. The van der Waals surface area contributed by atoms with E-state index in [-0.39, 0.29) is 5.75 Å². The molecule has 3 N–H and O–H groups in total. The molecule has 0 radical (unpaired) electrons. The molecule has 1 rings (SSSR count). The molecule has 0 spiro atoms. The maximum Gasteiger partial charge on any atom is 0.209 e. The first-order valence-electron chi connectivity index (χ1n) is 4.74. The number of aryl methyl sites for hydroxylation is 1. The van der Waals surface area contributed by atoms with E-state index in [0.717, 1.165) is 6.54 Å². The van der Waals surface area contributed by atoms with Gasteiger partial charge in [0.05, 0.1) is 5.75 Å². The first-order valence-corrected chi connectivity index (χ1v) is 7.27. The van der Waals surface area contributed by atoms with E-state index in [0.29, 0.717) is 13.0 Å². The molecule has 0 aliphatic rings. The molecule has 0 aliphatic heterocycles. The van der Waals surface area contributed by atoms with E-state index in [9.17, 15) is 8.42 Å². The minimum absolute atomic E-state index is 0.0451. The zero-order valence-electron chi connectivity index (χ0n) is 8.69. The molecule has 15 heavy (non-hydrogen) atoms. The number of nitrogens with one attached hydrogen (secondary N) is 1. The summed E-state index contributed by atoms with van der Waals surface area (Å²) in [6, 6.07) is 4.15. The fourth-order valence-electron chi connectivity index (χ4n) is 1.19. The van der Waals surface area contributed by atoms with Crippen LogP contribution in [0.1, 0.15) is 16.2 Å². The van der Waals surface area contributed by atoms with Crippen LogP contribution in [0.5, 0.6) is 0 Å². The SMILES string of the molecule is Cc1ccc(CNCCCS(N)(=O)=O)s1. The molecule has 0 aliphatic carbocycles. The normalized spacial score (nSPS) is 11.9. The minimum atomic E-state index is -3.30. The zero-order chi connectivity index (χ0) is 11.3. The molecule has 0 aromatic carbocycles. The van der Waals surface area contributed by atoms with Crippen molar-refractivity contribution in [2.45, 2.75) is 19.9 Å². The van der Waals surface area contributed by atoms with Gasteiger partial charge in [0.15, 0.2) is 0 Å². The van der Waals surface area contributed by atoms with Gasteiger partial charge in [0.25, 0.3) is 0 Å². The van der Waals surface area contributed by atoms with Crippen LogP contribution < -0.4 is 10.5 Å². The quantitative estimate of drug-likeness (QED) is 0.732. The molecule has 1 heterocycles. The number of rotatable bonds is 6. The molecule has 1 aromatic rings. The van der Waals surface area contributed by atoms with Crippen LogP contribution in [0.15, 0.2) is 12.1 Å². The molecule has 0 bridgehead atoms. The fourth-order valence-corrected chi connectivity index (χ4v) is 2.60. The van der Waals surface area contributed by atoms with E-state index >= 15 is 0 Å². The second-order valence-corrected chi connectivity index (χ2v) is 6.52. The summed E-state index contributed by atoms with van der Waals surface area (Å²) in [5.74, 6) is 0.0451. The Bertz CT molecular complexity index is 398. The summed E-state index contributed by atoms with van der Waals surface area (Å²) in [6.07, 6.45) is 0.559. The van der Waals surface area contributed by atoms with Crippen LogP contribution in [0, 0.1) is 6.92 Å². The van der Waals surface area contributed by atoms with Gasteiger partial charge < -0.3 is 5.32 Å². The van der Waals surface area contributed by atoms with Gasteiger partial charge in [-0.1, -0.05) is 0 Å². The molecule has 0 saturated carbocycles. The van der Waals surface area contributed by atoms with Gasteiger partial charge >= 0.3 is 0 Å². The van der Waals surface area contributed by atoms with E-state index < -0.39 is 10.0 Å². The van der Waals surface area contributed by atoms with Crippen LogP contribution >= 0.6 is 11.3 Å². The fraction of sp³-hybridized carbons (Fsp3) is 0.556. The monoisotopic (exact) mass is 248 g/mol. The van der Waals surface area contributed by atoms with Crippen molar-refractivity contribution in [3.63, 3.8) is 0 Å². The molecule has 0 atom stereocenters. The van der Waals surface area contributed by atoms with Crippen molar-refractivity contribution >= 4 is 21.4 Å². The highest BCUT2D eigenvalue weighted by atomic mass is 32.2. The second-order valence-electron chi connectivity index (χ2n) is 3.41. The Labute approximate surface area is 94.5 Å². The summed E-state index contributed by atoms with van der Waals surface area (Å²) in [6.45, 7) is 3.53. The molecule has 0 fully saturated rings. The maximum absolute atomic E-state index is 10.6. The Balaban J connectivity index is 2.12. The Kier molecular flexibility index (Phi) is 4.72. The molecule has 4 nitrogen and oxygen atoms in total. The van der Waals surface area contributed by atoms with Gasteiger partial charge in [-0.15, -0.1) is 11.3 Å². The topological polar surface area (TPSA) is 72.2 Å². The highest BCUT2D eigenvalue weighted by Gasteiger charge is 2.01.